The van der Waals surface area contributed by atoms with Crippen LogP contribution in [0.25, 0.3) is 0 Å². The Labute approximate surface area is 98.7 Å². The lowest BCUT2D eigenvalue weighted by atomic mass is 9.92. The number of rotatable bonds is 5. The number of hydrogen-bond donors (Lipinski definition) is 2. The molecule has 1 rings (SSSR count). The maximum absolute atomic E-state index is 10.2. The van der Waals surface area contributed by atoms with E-state index in [9.17, 15) is 5.11 Å². The van der Waals surface area contributed by atoms with Gasteiger partial charge < -0.3 is 10.4 Å². The Kier molecular flexibility index (Phi) is 4.51. The zero-order valence-corrected chi connectivity index (χ0v) is 10.8. The van der Waals surface area contributed by atoms with Gasteiger partial charge in [-0.15, -0.1) is 0 Å². The van der Waals surface area contributed by atoms with Crippen LogP contribution < -0.4 is 5.32 Å². The maximum Gasteiger partial charge on any atom is 0.0672 e. The molecule has 16 heavy (non-hydrogen) atoms. The molecule has 90 valence electrons. The van der Waals surface area contributed by atoms with E-state index in [1.165, 1.54) is 16.7 Å². The molecule has 0 amide bonds. The molecule has 0 radical (unpaired) electrons. The third kappa shape index (κ3) is 4.33. The maximum atomic E-state index is 10.2. The van der Waals surface area contributed by atoms with Gasteiger partial charge in [-0.3, -0.25) is 0 Å². The molecule has 0 aliphatic heterocycles. The molecule has 0 spiro atoms. The van der Waals surface area contributed by atoms with Gasteiger partial charge in [-0.25, -0.2) is 0 Å². The molecule has 0 bridgehead atoms. The zero-order valence-electron chi connectivity index (χ0n) is 10.8. The third-order valence-electron chi connectivity index (χ3n) is 2.78. The van der Waals surface area contributed by atoms with Gasteiger partial charge in [0.2, 0.25) is 0 Å². The van der Waals surface area contributed by atoms with Crippen LogP contribution >= 0.6 is 0 Å². The Morgan fingerprint density at radius 1 is 1.19 bits per heavy atom. The fraction of sp³-hybridized carbons (Fsp3) is 0.571. The van der Waals surface area contributed by atoms with E-state index < -0.39 is 5.60 Å². The summed E-state index contributed by atoms with van der Waals surface area (Å²) in [5.74, 6) is 0. The Morgan fingerprint density at radius 2 is 1.75 bits per heavy atom. The molecule has 0 aliphatic carbocycles. The van der Waals surface area contributed by atoms with E-state index in [1.807, 2.05) is 14.0 Å². The van der Waals surface area contributed by atoms with E-state index in [-0.39, 0.29) is 0 Å². The van der Waals surface area contributed by atoms with Crippen LogP contribution in [-0.4, -0.2) is 24.3 Å². The van der Waals surface area contributed by atoms with Crippen molar-refractivity contribution in [2.75, 3.05) is 13.6 Å². The van der Waals surface area contributed by atoms with Gasteiger partial charge in [0.05, 0.1) is 5.60 Å². The van der Waals surface area contributed by atoms with Gasteiger partial charge in [0, 0.05) is 6.42 Å². The van der Waals surface area contributed by atoms with Crippen LogP contribution in [0.5, 0.6) is 0 Å². The monoisotopic (exact) mass is 221 g/mol. The minimum atomic E-state index is -0.622. The van der Waals surface area contributed by atoms with Crippen LogP contribution in [0.1, 0.15) is 30.0 Å². The van der Waals surface area contributed by atoms with Crippen LogP contribution in [0.4, 0.5) is 0 Å². The molecule has 1 unspecified atom stereocenters. The summed E-state index contributed by atoms with van der Waals surface area (Å²) < 4.78 is 0. The van der Waals surface area contributed by atoms with Gasteiger partial charge >= 0.3 is 0 Å². The predicted octanol–water partition coefficient (Wildman–Crippen LogP) is 2.21. The molecule has 2 heteroatoms. The van der Waals surface area contributed by atoms with Gasteiger partial charge in [0.15, 0.2) is 0 Å². The summed E-state index contributed by atoms with van der Waals surface area (Å²) >= 11 is 0. The van der Waals surface area contributed by atoms with Gasteiger partial charge in [-0.2, -0.15) is 0 Å². The summed E-state index contributed by atoms with van der Waals surface area (Å²) in [6.07, 6.45) is 1.49. The minimum absolute atomic E-state index is 0.622. The first-order valence-corrected chi connectivity index (χ1v) is 5.87. The molecule has 0 saturated heterocycles. The summed E-state index contributed by atoms with van der Waals surface area (Å²) in [5, 5.41) is 13.3. The van der Waals surface area contributed by atoms with Crippen LogP contribution in [0.2, 0.25) is 0 Å². The van der Waals surface area contributed by atoms with Crippen molar-refractivity contribution in [3.05, 3.63) is 34.9 Å². The first-order chi connectivity index (χ1) is 7.43. The Hall–Kier alpha value is -0.860. The van der Waals surface area contributed by atoms with Crippen molar-refractivity contribution < 1.29 is 5.11 Å². The Bertz CT molecular complexity index is 324. The quantitative estimate of drug-likeness (QED) is 0.799. The smallest absolute Gasteiger partial charge is 0.0672 e. The van der Waals surface area contributed by atoms with E-state index in [4.69, 9.17) is 0 Å². The Morgan fingerprint density at radius 3 is 2.25 bits per heavy atom. The molecular formula is C14H23NO. The standard InChI is InChI=1S/C14H23NO/c1-11-7-12(2)9-13(8-11)10-14(3,16)5-6-15-4/h7-9,15-16H,5-6,10H2,1-4H3. The molecule has 0 heterocycles. The van der Waals surface area contributed by atoms with Crippen molar-refractivity contribution in [3.8, 4) is 0 Å². The normalized spacial score (nSPS) is 14.8. The zero-order chi connectivity index (χ0) is 12.2. The highest BCUT2D eigenvalue weighted by Gasteiger charge is 2.20. The van der Waals surface area contributed by atoms with Crippen molar-refractivity contribution in [2.24, 2.45) is 0 Å². The lowest BCUT2D eigenvalue weighted by molar-refractivity contribution is 0.0520. The van der Waals surface area contributed by atoms with Crippen LogP contribution in [0.15, 0.2) is 18.2 Å². The summed E-state index contributed by atoms with van der Waals surface area (Å²) in [6.45, 7) is 6.94. The second-order valence-electron chi connectivity index (χ2n) is 5.02. The minimum Gasteiger partial charge on any atom is -0.390 e. The van der Waals surface area contributed by atoms with Crippen molar-refractivity contribution in [1.29, 1.82) is 0 Å². The van der Waals surface area contributed by atoms with Crippen LogP contribution in [-0.2, 0) is 6.42 Å². The van der Waals surface area contributed by atoms with Crippen molar-refractivity contribution in [1.82, 2.24) is 5.32 Å². The molecule has 0 aliphatic rings. The number of nitrogens with one attached hydrogen (secondary N) is 1. The first kappa shape index (κ1) is 13.2. The summed E-state index contributed by atoms with van der Waals surface area (Å²) in [6, 6.07) is 6.47. The van der Waals surface area contributed by atoms with E-state index >= 15 is 0 Å². The van der Waals surface area contributed by atoms with Crippen LogP contribution in [0, 0.1) is 13.8 Å². The topological polar surface area (TPSA) is 32.3 Å². The SMILES string of the molecule is CNCCC(C)(O)Cc1cc(C)cc(C)c1. The van der Waals surface area contributed by atoms with Gasteiger partial charge in [-0.05, 0) is 46.3 Å². The molecule has 0 saturated carbocycles. The van der Waals surface area contributed by atoms with E-state index in [1.54, 1.807) is 0 Å². The number of aryl methyl sites for hydroxylation is 2. The molecule has 2 N–H and O–H groups in total. The van der Waals surface area contributed by atoms with E-state index in [0.29, 0.717) is 0 Å². The molecule has 1 atom stereocenters. The largest absolute Gasteiger partial charge is 0.390 e. The van der Waals surface area contributed by atoms with E-state index in [0.717, 1.165) is 19.4 Å². The first-order valence-electron chi connectivity index (χ1n) is 5.87. The van der Waals surface area contributed by atoms with Crippen molar-refractivity contribution in [2.45, 2.75) is 39.2 Å². The molecular weight excluding hydrogens is 198 g/mol. The highest BCUT2D eigenvalue weighted by atomic mass is 16.3. The number of aliphatic hydroxyl groups is 1. The molecule has 1 aromatic rings. The van der Waals surface area contributed by atoms with Gasteiger partial charge in [0.1, 0.15) is 0 Å². The summed E-state index contributed by atoms with van der Waals surface area (Å²) in [7, 11) is 1.91. The fourth-order valence-corrected chi connectivity index (χ4v) is 2.09. The lowest BCUT2D eigenvalue weighted by Gasteiger charge is -2.23. The van der Waals surface area contributed by atoms with Crippen molar-refractivity contribution in [3.63, 3.8) is 0 Å². The summed E-state index contributed by atoms with van der Waals surface area (Å²) in [4.78, 5) is 0. The predicted molar refractivity (Wildman–Crippen MR) is 68.8 cm³/mol. The van der Waals surface area contributed by atoms with Crippen molar-refractivity contribution >= 4 is 0 Å². The highest BCUT2D eigenvalue weighted by Crippen LogP contribution is 2.18. The summed E-state index contributed by atoms with van der Waals surface area (Å²) in [5.41, 5.74) is 3.13. The fourth-order valence-electron chi connectivity index (χ4n) is 2.09. The number of hydrogen-bond acceptors (Lipinski definition) is 2. The lowest BCUT2D eigenvalue weighted by Crippen LogP contribution is -2.31. The third-order valence-corrected chi connectivity index (χ3v) is 2.78. The molecule has 1 aromatic carbocycles. The highest BCUT2D eigenvalue weighted by molar-refractivity contribution is 5.29. The second-order valence-corrected chi connectivity index (χ2v) is 5.02. The number of benzene rings is 1. The molecule has 0 fully saturated rings. The van der Waals surface area contributed by atoms with Gasteiger partial charge in [0.25, 0.3) is 0 Å². The average Bonchev–Trinajstić information content (AvgIpc) is 2.12. The van der Waals surface area contributed by atoms with E-state index in [2.05, 4.69) is 37.4 Å². The van der Waals surface area contributed by atoms with Crippen LogP contribution in [0.3, 0.4) is 0 Å². The van der Waals surface area contributed by atoms with Gasteiger partial charge in [-0.1, -0.05) is 29.3 Å². The molecule has 0 aromatic heterocycles. The average molecular weight is 221 g/mol. The molecule has 2 nitrogen and oxygen atoms in total. The Balaban J connectivity index is 2.71. The second kappa shape index (κ2) is 5.46.